The molecule has 0 bridgehead atoms. The van der Waals surface area contributed by atoms with Gasteiger partial charge in [-0.05, 0) is 171 Å². The topological polar surface area (TPSA) is 6.48 Å². The highest BCUT2D eigenvalue weighted by Crippen LogP contribution is 2.53. The molecule has 0 radical (unpaired) electrons. The average molecular weight is 793 g/mol. The third-order valence-electron chi connectivity index (χ3n) is 10.5. The fourth-order valence-corrected chi connectivity index (χ4v) is 8.50. The van der Waals surface area contributed by atoms with Crippen LogP contribution in [0.4, 0.5) is 34.1 Å². The molecule has 0 N–H and O–H groups in total. The van der Waals surface area contributed by atoms with Crippen molar-refractivity contribution >= 4 is 66.0 Å². The van der Waals surface area contributed by atoms with E-state index in [1.54, 1.807) is 0 Å². The van der Waals surface area contributed by atoms with Crippen molar-refractivity contribution in [1.82, 2.24) is 0 Å². The molecule has 0 aromatic heterocycles. The summed E-state index contributed by atoms with van der Waals surface area (Å²) in [4.78, 5) is 4.87. The van der Waals surface area contributed by atoms with E-state index in [0.29, 0.717) is 5.41 Å². The minimum absolute atomic E-state index is 0.382. The number of hydrogen-bond donors (Lipinski definition) is 0. The molecule has 50 heavy (non-hydrogen) atoms. The molecule has 1 aliphatic rings. The Morgan fingerprint density at radius 2 is 0.920 bits per heavy atom. The summed E-state index contributed by atoms with van der Waals surface area (Å²) in [5.74, 6) is 0. The average Bonchev–Trinajstić information content (AvgIpc) is 3.89. The van der Waals surface area contributed by atoms with Gasteiger partial charge < -0.3 is 9.80 Å². The minimum Gasteiger partial charge on any atom is -0.310 e. The highest BCUT2D eigenvalue weighted by atomic mass is 79.9. The van der Waals surface area contributed by atoms with Gasteiger partial charge in [-0.1, -0.05) is 95.7 Å². The van der Waals surface area contributed by atoms with Gasteiger partial charge in [0.2, 0.25) is 0 Å². The second-order valence-corrected chi connectivity index (χ2v) is 16.3. The Morgan fingerprint density at radius 1 is 0.520 bits per heavy atom. The second kappa shape index (κ2) is 15.9. The van der Waals surface area contributed by atoms with E-state index in [-0.39, 0.29) is 0 Å². The molecule has 1 fully saturated rings. The van der Waals surface area contributed by atoms with Crippen molar-refractivity contribution < 1.29 is 0 Å². The van der Waals surface area contributed by atoms with Gasteiger partial charge >= 0.3 is 0 Å². The summed E-state index contributed by atoms with van der Waals surface area (Å²) in [7, 11) is 0. The van der Waals surface area contributed by atoms with E-state index in [0.717, 1.165) is 38.1 Å². The molecule has 6 rings (SSSR count). The van der Waals surface area contributed by atoms with Crippen LogP contribution in [0.1, 0.15) is 98.6 Å². The zero-order valence-electron chi connectivity index (χ0n) is 30.8. The van der Waals surface area contributed by atoms with E-state index in [1.807, 2.05) is 0 Å². The number of anilines is 6. The van der Waals surface area contributed by atoms with Crippen molar-refractivity contribution in [3.63, 3.8) is 0 Å². The first-order chi connectivity index (χ1) is 24.1. The maximum Gasteiger partial charge on any atom is 0.0520 e. The van der Waals surface area contributed by atoms with Gasteiger partial charge in [-0.2, -0.15) is 0 Å². The molecule has 0 atom stereocenters. The molecule has 0 saturated heterocycles. The summed E-state index contributed by atoms with van der Waals surface area (Å²) in [6.07, 6.45) is 11.4. The fraction of sp³-hybridized carbons (Fsp3) is 0.348. The molecule has 5 aromatic carbocycles. The molecule has 5 aromatic rings. The van der Waals surface area contributed by atoms with Crippen LogP contribution >= 0.6 is 31.9 Å². The van der Waals surface area contributed by atoms with E-state index < -0.39 is 0 Å². The van der Waals surface area contributed by atoms with Gasteiger partial charge in [0.05, 0.1) is 11.4 Å². The fourth-order valence-electron chi connectivity index (χ4n) is 7.97. The van der Waals surface area contributed by atoms with Crippen LogP contribution in [0.25, 0.3) is 0 Å². The molecular formula is C46H52Br2N2. The van der Waals surface area contributed by atoms with Crippen molar-refractivity contribution in [3.05, 3.63) is 139 Å². The van der Waals surface area contributed by atoms with Gasteiger partial charge in [0, 0.05) is 31.7 Å². The Bertz CT molecular complexity index is 1860. The van der Waals surface area contributed by atoms with E-state index in [9.17, 15) is 0 Å². The Kier molecular flexibility index (Phi) is 11.6. The number of benzene rings is 5. The Balaban J connectivity index is 1.42. The van der Waals surface area contributed by atoms with E-state index in [2.05, 4.69) is 180 Å². The van der Waals surface area contributed by atoms with Crippen LogP contribution in [0.15, 0.2) is 106 Å². The number of hydrogen-bond acceptors (Lipinski definition) is 2. The lowest BCUT2D eigenvalue weighted by atomic mass is 9.88. The smallest absolute Gasteiger partial charge is 0.0520 e. The van der Waals surface area contributed by atoms with Crippen LogP contribution < -0.4 is 9.80 Å². The van der Waals surface area contributed by atoms with E-state index >= 15 is 0 Å². The maximum atomic E-state index is 3.67. The third-order valence-corrected chi connectivity index (χ3v) is 11.6. The van der Waals surface area contributed by atoms with Crippen molar-refractivity contribution in [1.29, 1.82) is 0 Å². The van der Waals surface area contributed by atoms with Gasteiger partial charge in [-0.25, -0.2) is 0 Å². The molecule has 1 saturated carbocycles. The summed E-state index contributed by atoms with van der Waals surface area (Å²) in [6.45, 7) is 13.7. The minimum atomic E-state index is 0.382. The monoisotopic (exact) mass is 790 g/mol. The van der Waals surface area contributed by atoms with Crippen LogP contribution in [-0.4, -0.2) is 0 Å². The maximum absolute atomic E-state index is 3.67. The lowest BCUT2D eigenvalue weighted by Crippen LogP contribution is -2.16. The first kappa shape index (κ1) is 36.5. The molecule has 4 heteroatoms. The van der Waals surface area contributed by atoms with Crippen molar-refractivity contribution in [2.45, 2.75) is 105 Å². The standard InChI is InChI=1S/C46H52Br2N2/c1-7-9-10-11-12-36-28-32(3)44(33(4)29-36)49(40-17-13-38(47)14-18-40)42-21-23-43(24-22-42)50(41-19-15-39(48)16-20-41)45-34(5)30-37(31-35(45)6)46(25-8-2)26-27-46/h13-24,28-31H,7-12,25-27H2,1-6H3. The van der Waals surface area contributed by atoms with Crippen LogP contribution in [0, 0.1) is 27.7 Å². The highest BCUT2D eigenvalue weighted by Gasteiger charge is 2.43. The van der Waals surface area contributed by atoms with Crippen LogP contribution in [0.5, 0.6) is 0 Å². The number of halogens is 2. The van der Waals surface area contributed by atoms with Gasteiger partial charge in [-0.15, -0.1) is 0 Å². The zero-order valence-corrected chi connectivity index (χ0v) is 33.9. The summed E-state index contributed by atoms with van der Waals surface area (Å²) >= 11 is 7.34. The summed E-state index contributed by atoms with van der Waals surface area (Å²) in [6, 6.07) is 36.4. The van der Waals surface area contributed by atoms with Crippen LogP contribution in [-0.2, 0) is 11.8 Å². The lowest BCUT2D eigenvalue weighted by Gasteiger charge is -2.32. The van der Waals surface area contributed by atoms with Gasteiger partial charge in [0.15, 0.2) is 0 Å². The largest absolute Gasteiger partial charge is 0.310 e. The Hall–Kier alpha value is -3.34. The zero-order chi connectivity index (χ0) is 35.4. The molecule has 260 valence electrons. The molecule has 0 amide bonds. The molecule has 0 heterocycles. The normalized spacial score (nSPS) is 13.4. The number of aryl methyl sites for hydroxylation is 5. The molecule has 0 unspecified atom stereocenters. The SMILES string of the molecule is CCCCCCc1cc(C)c(N(c2ccc(Br)cc2)c2ccc(N(c3ccc(Br)cc3)c3c(C)cc(C4(CCC)CC4)cc3C)cc2)c(C)c1. The first-order valence-electron chi connectivity index (χ1n) is 18.6. The van der Waals surface area contributed by atoms with Crippen molar-refractivity contribution in [2.75, 3.05) is 9.80 Å². The predicted molar refractivity (Wildman–Crippen MR) is 224 cm³/mol. The first-order valence-corrected chi connectivity index (χ1v) is 20.2. The van der Waals surface area contributed by atoms with Gasteiger partial charge in [-0.3, -0.25) is 0 Å². The number of unbranched alkanes of at least 4 members (excludes halogenated alkanes) is 3. The van der Waals surface area contributed by atoms with E-state index in [1.165, 1.54) is 96.1 Å². The summed E-state index contributed by atoms with van der Waals surface area (Å²) in [5, 5.41) is 0. The van der Waals surface area contributed by atoms with Gasteiger partial charge in [0.1, 0.15) is 0 Å². The third kappa shape index (κ3) is 7.92. The quantitative estimate of drug-likeness (QED) is 0.103. The van der Waals surface area contributed by atoms with Crippen LogP contribution in [0.2, 0.25) is 0 Å². The summed E-state index contributed by atoms with van der Waals surface area (Å²) < 4.78 is 2.16. The molecule has 2 nitrogen and oxygen atoms in total. The molecule has 0 aliphatic heterocycles. The lowest BCUT2D eigenvalue weighted by molar-refractivity contribution is 0.606. The van der Waals surface area contributed by atoms with Gasteiger partial charge in [0.25, 0.3) is 0 Å². The van der Waals surface area contributed by atoms with Crippen molar-refractivity contribution in [2.24, 2.45) is 0 Å². The predicted octanol–water partition coefficient (Wildman–Crippen LogP) is 15.3. The number of nitrogens with zero attached hydrogens (tertiary/aromatic N) is 2. The number of rotatable bonds is 14. The molecule has 1 aliphatic carbocycles. The second-order valence-electron chi connectivity index (χ2n) is 14.5. The van der Waals surface area contributed by atoms with E-state index in [4.69, 9.17) is 0 Å². The molecular weight excluding hydrogens is 740 g/mol. The highest BCUT2D eigenvalue weighted by molar-refractivity contribution is 9.10. The van der Waals surface area contributed by atoms with Crippen molar-refractivity contribution in [3.8, 4) is 0 Å². The van der Waals surface area contributed by atoms with Crippen LogP contribution in [0.3, 0.4) is 0 Å². The summed E-state index contributed by atoms with van der Waals surface area (Å²) in [5.41, 5.74) is 15.7. The molecule has 0 spiro atoms. The Morgan fingerprint density at radius 3 is 1.30 bits per heavy atom. The Labute approximate surface area is 318 Å².